The fourth-order valence-corrected chi connectivity index (χ4v) is 5.45. The highest BCUT2D eigenvalue weighted by molar-refractivity contribution is 7.99. The number of anilines is 1. The number of para-hydroxylation sites is 1. The van der Waals surface area contributed by atoms with E-state index in [2.05, 4.69) is 10.2 Å². The topological polar surface area (TPSA) is 55.9 Å². The van der Waals surface area contributed by atoms with Crippen LogP contribution in [-0.2, 0) is 9.59 Å². The van der Waals surface area contributed by atoms with Crippen LogP contribution in [0, 0.1) is 5.92 Å². The van der Waals surface area contributed by atoms with Crippen molar-refractivity contribution in [2.45, 2.75) is 18.9 Å². The van der Waals surface area contributed by atoms with Crippen molar-refractivity contribution in [2.75, 3.05) is 55.8 Å². The molecule has 0 radical (unpaired) electrons. The lowest BCUT2D eigenvalue weighted by Crippen LogP contribution is -2.49. The van der Waals surface area contributed by atoms with Crippen molar-refractivity contribution in [3.63, 3.8) is 0 Å². The largest absolute Gasteiger partial charge is 0.367 e. The molecule has 2 amide bonds. The van der Waals surface area contributed by atoms with Crippen molar-refractivity contribution >= 4 is 40.9 Å². The molecule has 0 aliphatic carbocycles. The maximum absolute atomic E-state index is 12.8. The second-order valence-corrected chi connectivity index (χ2v) is 9.21. The van der Waals surface area contributed by atoms with Crippen LogP contribution in [0.1, 0.15) is 12.8 Å². The third-order valence-electron chi connectivity index (χ3n) is 5.87. The summed E-state index contributed by atoms with van der Waals surface area (Å²) in [5.41, 5.74) is 1.04. The van der Waals surface area contributed by atoms with Crippen molar-refractivity contribution in [1.29, 1.82) is 0 Å². The van der Waals surface area contributed by atoms with Crippen molar-refractivity contribution < 1.29 is 9.59 Å². The summed E-state index contributed by atoms with van der Waals surface area (Å²) in [4.78, 5) is 31.4. The summed E-state index contributed by atoms with van der Waals surface area (Å²) in [6.07, 6.45) is 1.29. The highest BCUT2D eigenvalue weighted by Crippen LogP contribution is 2.27. The zero-order chi connectivity index (χ0) is 19.5. The Bertz CT molecular complexity index is 720. The van der Waals surface area contributed by atoms with Gasteiger partial charge in [0.2, 0.25) is 11.8 Å². The van der Waals surface area contributed by atoms with Crippen molar-refractivity contribution in [3.05, 3.63) is 29.3 Å². The summed E-state index contributed by atoms with van der Waals surface area (Å²) >= 11 is 8.10. The van der Waals surface area contributed by atoms with Crippen LogP contribution < -0.4 is 10.2 Å². The zero-order valence-electron chi connectivity index (χ0n) is 16.0. The number of piperazine rings is 1. The van der Waals surface area contributed by atoms with Gasteiger partial charge in [0.15, 0.2) is 0 Å². The first-order chi connectivity index (χ1) is 13.6. The number of carbonyl (C=O) groups excluding carboxylic acids is 2. The molecule has 6 nitrogen and oxygen atoms in total. The van der Waals surface area contributed by atoms with E-state index in [0.717, 1.165) is 68.0 Å². The molecule has 3 fully saturated rings. The van der Waals surface area contributed by atoms with Crippen LogP contribution in [0.3, 0.4) is 0 Å². The quantitative estimate of drug-likeness (QED) is 0.803. The lowest BCUT2D eigenvalue weighted by molar-refractivity contribution is -0.133. The molecule has 3 saturated heterocycles. The average molecular weight is 423 g/mol. The number of rotatable bonds is 4. The van der Waals surface area contributed by atoms with Crippen LogP contribution in [0.5, 0.6) is 0 Å². The van der Waals surface area contributed by atoms with E-state index >= 15 is 0 Å². The Kier molecular flexibility index (Phi) is 6.33. The molecule has 152 valence electrons. The summed E-state index contributed by atoms with van der Waals surface area (Å²) in [6, 6.07) is 7.74. The molecule has 4 rings (SSSR count). The van der Waals surface area contributed by atoms with Gasteiger partial charge in [-0.25, -0.2) is 0 Å². The first-order valence-corrected chi connectivity index (χ1v) is 11.5. The first-order valence-electron chi connectivity index (χ1n) is 9.99. The molecule has 0 saturated carbocycles. The third-order valence-corrected chi connectivity index (χ3v) is 7.16. The highest BCUT2D eigenvalue weighted by atomic mass is 35.5. The van der Waals surface area contributed by atoms with Crippen LogP contribution in [0.4, 0.5) is 5.69 Å². The molecule has 0 aromatic heterocycles. The van der Waals surface area contributed by atoms with E-state index in [1.54, 1.807) is 11.8 Å². The van der Waals surface area contributed by atoms with Gasteiger partial charge in [0.25, 0.3) is 0 Å². The van der Waals surface area contributed by atoms with Crippen LogP contribution >= 0.6 is 23.4 Å². The second kappa shape index (κ2) is 8.93. The molecular weight excluding hydrogens is 396 g/mol. The van der Waals surface area contributed by atoms with Gasteiger partial charge in [-0.2, -0.15) is 0 Å². The van der Waals surface area contributed by atoms with E-state index in [4.69, 9.17) is 11.6 Å². The van der Waals surface area contributed by atoms with Gasteiger partial charge in [0.1, 0.15) is 0 Å². The highest BCUT2D eigenvalue weighted by Gasteiger charge is 2.35. The molecule has 28 heavy (non-hydrogen) atoms. The Morgan fingerprint density at radius 2 is 1.89 bits per heavy atom. The van der Waals surface area contributed by atoms with E-state index in [9.17, 15) is 9.59 Å². The number of hydrogen-bond acceptors (Lipinski definition) is 5. The number of nitrogens with one attached hydrogen (secondary N) is 1. The predicted octanol–water partition coefficient (Wildman–Crippen LogP) is 1.89. The summed E-state index contributed by atoms with van der Waals surface area (Å²) in [7, 11) is 0. The van der Waals surface area contributed by atoms with Crippen LogP contribution in [-0.4, -0.2) is 78.6 Å². The van der Waals surface area contributed by atoms with Gasteiger partial charge in [-0.15, -0.1) is 11.8 Å². The third kappa shape index (κ3) is 4.42. The SMILES string of the molecule is O=C(CC1CNC(C(=O)N2CCSC2)C1)N1CCN(c2ccccc2Cl)CC1. The molecule has 0 bridgehead atoms. The summed E-state index contributed by atoms with van der Waals surface area (Å²) in [5, 5.41) is 4.09. The van der Waals surface area contributed by atoms with Crippen molar-refractivity contribution in [1.82, 2.24) is 15.1 Å². The summed E-state index contributed by atoms with van der Waals surface area (Å²) in [5.74, 6) is 2.48. The van der Waals surface area contributed by atoms with Gasteiger partial charge in [0, 0.05) is 44.9 Å². The number of carbonyl (C=O) groups is 2. The molecule has 8 heteroatoms. The van der Waals surface area contributed by atoms with Gasteiger partial charge < -0.3 is 20.0 Å². The molecule has 0 spiro atoms. The number of amides is 2. The van der Waals surface area contributed by atoms with E-state index in [0.29, 0.717) is 6.42 Å². The van der Waals surface area contributed by atoms with Gasteiger partial charge in [-0.1, -0.05) is 23.7 Å². The number of thioether (sulfide) groups is 1. The maximum atomic E-state index is 12.8. The normalized spacial score (nSPS) is 25.4. The van der Waals surface area contributed by atoms with Crippen molar-refractivity contribution in [2.24, 2.45) is 5.92 Å². The average Bonchev–Trinajstić information content (AvgIpc) is 3.40. The Balaban J connectivity index is 1.24. The molecule has 1 N–H and O–H groups in total. The Morgan fingerprint density at radius 1 is 1.11 bits per heavy atom. The Hall–Kier alpha value is -1.44. The number of hydrogen-bond donors (Lipinski definition) is 1. The van der Waals surface area contributed by atoms with Crippen LogP contribution in [0.15, 0.2) is 24.3 Å². The standard InChI is InChI=1S/C20H27ClN4O2S/c21-16-3-1-2-4-18(16)23-5-7-24(8-6-23)19(26)12-15-11-17(22-13-15)20(27)25-9-10-28-14-25/h1-4,15,17,22H,5-14H2. The molecule has 2 unspecified atom stereocenters. The van der Waals surface area contributed by atoms with Gasteiger partial charge in [-0.3, -0.25) is 9.59 Å². The number of benzene rings is 1. The second-order valence-electron chi connectivity index (χ2n) is 7.72. The lowest BCUT2D eigenvalue weighted by Gasteiger charge is -2.36. The maximum Gasteiger partial charge on any atom is 0.240 e. The van der Waals surface area contributed by atoms with E-state index in [1.807, 2.05) is 34.1 Å². The summed E-state index contributed by atoms with van der Waals surface area (Å²) in [6.45, 7) is 4.64. The first kappa shape index (κ1) is 19.9. The summed E-state index contributed by atoms with van der Waals surface area (Å²) < 4.78 is 0. The molecule has 1 aromatic rings. The molecule has 2 atom stereocenters. The van der Waals surface area contributed by atoms with Crippen LogP contribution in [0.2, 0.25) is 5.02 Å². The fraction of sp³-hybridized carbons (Fsp3) is 0.600. The van der Waals surface area contributed by atoms with Gasteiger partial charge >= 0.3 is 0 Å². The van der Waals surface area contributed by atoms with Gasteiger partial charge in [-0.05, 0) is 31.0 Å². The molecular formula is C20H27ClN4O2S. The van der Waals surface area contributed by atoms with Crippen LogP contribution in [0.25, 0.3) is 0 Å². The Morgan fingerprint density at radius 3 is 2.61 bits per heavy atom. The minimum Gasteiger partial charge on any atom is -0.367 e. The van der Waals surface area contributed by atoms with Gasteiger partial charge in [0.05, 0.1) is 22.6 Å². The minimum absolute atomic E-state index is 0.117. The minimum atomic E-state index is -0.117. The fourth-order valence-electron chi connectivity index (χ4n) is 4.24. The smallest absolute Gasteiger partial charge is 0.240 e. The lowest BCUT2D eigenvalue weighted by atomic mass is 10.00. The monoisotopic (exact) mass is 422 g/mol. The van der Waals surface area contributed by atoms with Crippen molar-refractivity contribution in [3.8, 4) is 0 Å². The van der Waals surface area contributed by atoms with E-state index in [-0.39, 0.29) is 23.8 Å². The zero-order valence-corrected chi connectivity index (χ0v) is 17.6. The molecule has 3 aliphatic rings. The van der Waals surface area contributed by atoms with E-state index < -0.39 is 0 Å². The molecule has 3 heterocycles. The number of nitrogens with zero attached hydrogens (tertiary/aromatic N) is 3. The van der Waals surface area contributed by atoms with E-state index in [1.165, 1.54) is 0 Å². The predicted molar refractivity (Wildman–Crippen MR) is 114 cm³/mol. The Labute approximate surface area is 175 Å². The molecule has 1 aromatic carbocycles. The molecule has 3 aliphatic heterocycles. The number of halogens is 1.